The van der Waals surface area contributed by atoms with Crippen molar-refractivity contribution in [2.75, 3.05) is 19.5 Å². The van der Waals surface area contributed by atoms with E-state index >= 15 is 0 Å². The maximum Gasteiger partial charge on any atom is 0.337 e. The number of carbonyl (C=O) groups excluding carboxylic acids is 5. The first-order chi connectivity index (χ1) is 16.2. The van der Waals surface area contributed by atoms with E-state index in [2.05, 4.69) is 10.6 Å². The molecule has 1 aliphatic carbocycles. The Bertz CT molecular complexity index is 957. The predicted octanol–water partition coefficient (Wildman–Crippen LogP) is 1.88. The summed E-state index contributed by atoms with van der Waals surface area (Å²) in [5, 5.41) is 5.63. The zero-order valence-corrected chi connectivity index (χ0v) is 19.9. The van der Waals surface area contributed by atoms with Crippen LogP contribution in [0.1, 0.15) is 66.7 Å². The normalized spacial score (nSPS) is 21.9. The SMILES string of the molecule is COC(=O)c1cc(NC(=O)C[C@@H]2C(=O)N[C@H]3CCCC[C@H]3N2C(=O)C(C)C)cc(C(=O)OC)c1. The Labute approximate surface area is 198 Å². The van der Waals surface area contributed by atoms with Gasteiger partial charge in [0.15, 0.2) is 0 Å². The van der Waals surface area contributed by atoms with Gasteiger partial charge in [0.2, 0.25) is 17.7 Å². The quantitative estimate of drug-likeness (QED) is 0.603. The van der Waals surface area contributed by atoms with E-state index in [1.807, 2.05) is 0 Å². The number of rotatable bonds is 6. The molecule has 1 aromatic carbocycles. The second-order valence-electron chi connectivity index (χ2n) is 8.92. The topological polar surface area (TPSA) is 131 Å². The summed E-state index contributed by atoms with van der Waals surface area (Å²) in [6.07, 6.45) is 3.24. The molecule has 2 aliphatic rings. The van der Waals surface area contributed by atoms with Gasteiger partial charge in [-0.2, -0.15) is 0 Å². The van der Waals surface area contributed by atoms with Gasteiger partial charge in [-0.3, -0.25) is 14.4 Å². The van der Waals surface area contributed by atoms with Crippen LogP contribution >= 0.6 is 0 Å². The van der Waals surface area contributed by atoms with E-state index in [0.717, 1.165) is 25.7 Å². The Morgan fingerprint density at radius 3 is 2.18 bits per heavy atom. The van der Waals surface area contributed by atoms with Crippen molar-refractivity contribution in [3.8, 4) is 0 Å². The molecule has 0 bridgehead atoms. The smallest absolute Gasteiger partial charge is 0.337 e. The standard InChI is InChI=1S/C24H31N3O7/c1-13(2)22(30)27-18-8-6-5-7-17(18)26-21(29)19(27)12-20(28)25-16-10-14(23(31)33-3)9-15(11-16)24(32)34-4/h9-11,13,17-19H,5-8,12H2,1-4H3,(H,25,28)(H,26,29)/t17-,18+,19+/m0/s1. The summed E-state index contributed by atoms with van der Waals surface area (Å²) < 4.78 is 9.42. The molecular weight excluding hydrogens is 442 g/mol. The van der Waals surface area contributed by atoms with Gasteiger partial charge in [-0.25, -0.2) is 9.59 Å². The lowest BCUT2D eigenvalue weighted by molar-refractivity contribution is -0.154. The van der Waals surface area contributed by atoms with Crippen LogP contribution in [0.4, 0.5) is 5.69 Å². The lowest BCUT2D eigenvalue weighted by Crippen LogP contribution is -2.68. The third-order valence-electron chi connectivity index (χ3n) is 6.24. The minimum absolute atomic E-state index is 0.0535. The summed E-state index contributed by atoms with van der Waals surface area (Å²) >= 11 is 0. The van der Waals surface area contributed by atoms with Crippen molar-refractivity contribution in [1.82, 2.24) is 10.2 Å². The van der Waals surface area contributed by atoms with Crippen molar-refractivity contribution in [2.45, 2.75) is 64.1 Å². The lowest BCUT2D eigenvalue weighted by atomic mass is 9.84. The average Bonchev–Trinajstić information content (AvgIpc) is 2.82. The Morgan fingerprint density at radius 1 is 1.03 bits per heavy atom. The van der Waals surface area contributed by atoms with Gasteiger partial charge in [0.05, 0.1) is 37.8 Å². The molecule has 10 heteroatoms. The number of esters is 2. The Morgan fingerprint density at radius 2 is 1.62 bits per heavy atom. The summed E-state index contributed by atoms with van der Waals surface area (Å²) in [4.78, 5) is 64.6. The fourth-order valence-electron chi connectivity index (χ4n) is 4.61. The molecule has 1 aliphatic heterocycles. The van der Waals surface area contributed by atoms with Crippen LogP contribution in [0.5, 0.6) is 0 Å². The van der Waals surface area contributed by atoms with Gasteiger partial charge in [-0.1, -0.05) is 26.7 Å². The summed E-state index contributed by atoms with van der Waals surface area (Å²) in [6.45, 7) is 3.55. The highest BCUT2D eigenvalue weighted by molar-refractivity contribution is 6.01. The molecule has 10 nitrogen and oxygen atoms in total. The van der Waals surface area contributed by atoms with Crippen molar-refractivity contribution >= 4 is 35.3 Å². The zero-order valence-electron chi connectivity index (χ0n) is 19.9. The average molecular weight is 474 g/mol. The number of nitrogens with one attached hydrogen (secondary N) is 2. The Balaban J connectivity index is 1.84. The maximum atomic E-state index is 13.1. The number of benzene rings is 1. The summed E-state index contributed by atoms with van der Waals surface area (Å²) in [5.74, 6) is -2.75. The molecule has 2 N–H and O–H groups in total. The van der Waals surface area contributed by atoms with Crippen LogP contribution in [0.3, 0.4) is 0 Å². The van der Waals surface area contributed by atoms with Crippen LogP contribution in [0, 0.1) is 5.92 Å². The third-order valence-corrected chi connectivity index (χ3v) is 6.24. The molecule has 3 atom stereocenters. The van der Waals surface area contributed by atoms with Gasteiger partial charge in [-0.15, -0.1) is 0 Å². The highest BCUT2D eigenvalue weighted by Gasteiger charge is 2.46. The number of hydrogen-bond acceptors (Lipinski definition) is 7. The van der Waals surface area contributed by atoms with Crippen LogP contribution in [0.25, 0.3) is 0 Å². The van der Waals surface area contributed by atoms with E-state index in [-0.39, 0.29) is 53.1 Å². The van der Waals surface area contributed by atoms with Crippen LogP contribution in [-0.4, -0.2) is 66.9 Å². The van der Waals surface area contributed by atoms with E-state index in [4.69, 9.17) is 9.47 Å². The van der Waals surface area contributed by atoms with Gasteiger partial charge in [-0.05, 0) is 31.0 Å². The van der Waals surface area contributed by atoms with Gasteiger partial charge < -0.3 is 25.0 Å². The molecule has 0 spiro atoms. The number of amides is 3. The molecule has 0 unspecified atom stereocenters. The second-order valence-corrected chi connectivity index (χ2v) is 8.92. The Kier molecular flexibility index (Phi) is 7.90. The summed E-state index contributed by atoms with van der Waals surface area (Å²) in [5.41, 5.74) is 0.275. The molecule has 1 saturated carbocycles. The van der Waals surface area contributed by atoms with E-state index in [0.29, 0.717) is 0 Å². The Hall–Kier alpha value is -3.43. The second kappa shape index (κ2) is 10.7. The molecule has 3 rings (SSSR count). The zero-order chi connectivity index (χ0) is 25.0. The highest BCUT2D eigenvalue weighted by Crippen LogP contribution is 2.31. The largest absolute Gasteiger partial charge is 0.465 e. The number of piperazine rings is 1. The number of anilines is 1. The molecule has 1 heterocycles. The number of carbonyl (C=O) groups is 5. The van der Waals surface area contributed by atoms with Crippen molar-refractivity contribution in [3.63, 3.8) is 0 Å². The van der Waals surface area contributed by atoms with E-state index in [1.54, 1.807) is 18.7 Å². The molecule has 184 valence electrons. The van der Waals surface area contributed by atoms with Crippen molar-refractivity contribution in [1.29, 1.82) is 0 Å². The first kappa shape index (κ1) is 25.2. The van der Waals surface area contributed by atoms with Gasteiger partial charge in [0.1, 0.15) is 6.04 Å². The lowest BCUT2D eigenvalue weighted by Gasteiger charge is -2.48. The molecule has 0 radical (unpaired) electrons. The number of hydrogen-bond donors (Lipinski definition) is 2. The van der Waals surface area contributed by atoms with E-state index in [9.17, 15) is 24.0 Å². The van der Waals surface area contributed by atoms with Crippen molar-refractivity contribution < 1.29 is 33.4 Å². The van der Waals surface area contributed by atoms with E-state index < -0.39 is 23.9 Å². The first-order valence-corrected chi connectivity index (χ1v) is 11.4. The molecule has 2 fully saturated rings. The van der Waals surface area contributed by atoms with Gasteiger partial charge in [0.25, 0.3) is 0 Å². The first-order valence-electron chi connectivity index (χ1n) is 11.4. The molecule has 1 saturated heterocycles. The molecule has 0 aromatic heterocycles. The number of nitrogens with zero attached hydrogens (tertiary/aromatic N) is 1. The predicted molar refractivity (Wildman–Crippen MR) is 122 cm³/mol. The maximum absolute atomic E-state index is 13.1. The van der Waals surface area contributed by atoms with Crippen LogP contribution in [0.2, 0.25) is 0 Å². The third kappa shape index (κ3) is 5.37. The number of ether oxygens (including phenoxy) is 2. The molecule has 3 amide bonds. The summed E-state index contributed by atoms with van der Waals surface area (Å²) in [7, 11) is 2.40. The van der Waals surface area contributed by atoms with Crippen molar-refractivity contribution in [3.05, 3.63) is 29.3 Å². The number of methoxy groups -OCH3 is 2. The van der Waals surface area contributed by atoms with Crippen molar-refractivity contribution in [2.24, 2.45) is 5.92 Å². The van der Waals surface area contributed by atoms with Crippen LogP contribution in [-0.2, 0) is 23.9 Å². The fraction of sp³-hybridized carbons (Fsp3) is 0.542. The molecule has 34 heavy (non-hydrogen) atoms. The number of fused-ring (bicyclic) bond motifs is 1. The minimum Gasteiger partial charge on any atom is -0.465 e. The van der Waals surface area contributed by atoms with Gasteiger partial charge >= 0.3 is 11.9 Å². The fourth-order valence-corrected chi connectivity index (χ4v) is 4.61. The highest BCUT2D eigenvalue weighted by atomic mass is 16.5. The van der Waals surface area contributed by atoms with E-state index in [1.165, 1.54) is 32.4 Å². The van der Waals surface area contributed by atoms with Crippen LogP contribution in [0.15, 0.2) is 18.2 Å². The monoisotopic (exact) mass is 473 g/mol. The molecular formula is C24H31N3O7. The molecule has 1 aromatic rings. The minimum atomic E-state index is -0.946. The summed E-state index contributed by atoms with van der Waals surface area (Å²) in [6, 6.07) is 2.83. The van der Waals surface area contributed by atoms with Crippen LogP contribution < -0.4 is 10.6 Å². The van der Waals surface area contributed by atoms with Gasteiger partial charge in [0, 0.05) is 17.6 Å².